The summed E-state index contributed by atoms with van der Waals surface area (Å²) in [4.78, 5) is 13.0. The Morgan fingerprint density at radius 3 is 2.90 bits per heavy atom. The zero-order chi connectivity index (χ0) is 13.9. The Morgan fingerprint density at radius 2 is 2.05 bits per heavy atom. The second kappa shape index (κ2) is 5.54. The fourth-order valence-corrected chi connectivity index (χ4v) is 2.33. The zero-order valence-electron chi connectivity index (χ0n) is 10.9. The van der Waals surface area contributed by atoms with Gasteiger partial charge in [0.2, 0.25) is 5.88 Å². The Bertz CT molecular complexity index is 756. The van der Waals surface area contributed by atoms with E-state index in [0.717, 1.165) is 33.5 Å². The van der Waals surface area contributed by atoms with Crippen LogP contribution < -0.4 is 4.74 Å². The number of aromatic nitrogens is 3. The van der Waals surface area contributed by atoms with Gasteiger partial charge >= 0.3 is 0 Å². The van der Waals surface area contributed by atoms with Gasteiger partial charge in [-0.15, -0.1) is 0 Å². The summed E-state index contributed by atoms with van der Waals surface area (Å²) in [5.74, 6) is 2.01. The van der Waals surface area contributed by atoms with Crippen LogP contribution in [0.1, 0.15) is 12.7 Å². The molecule has 2 heterocycles. The molecule has 0 aliphatic rings. The van der Waals surface area contributed by atoms with Crippen LogP contribution in [0.25, 0.3) is 10.9 Å². The van der Waals surface area contributed by atoms with Crippen LogP contribution in [-0.4, -0.2) is 15.0 Å². The Balaban J connectivity index is 2.03. The number of benzene rings is 1. The van der Waals surface area contributed by atoms with Crippen molar-refractivity contribution in [1.29, 1.82) is 0 Å². The molecule has 3 aromatic rings. The number of fused-ring (bicyclic) bond motifs is 1. The average Bonchev–Trinajstić information content (AvgIpc) is 2.47. The van der Waals surface area contributed by atoms with Crippen LogP contribution in [0, 0.1) is 0 Å². The molecule has 0 atom stereocenters. The van der Waals surface area contributed by atoms with Gasteiger partial charge in [-0.2, -0.15) is 4.98 Å². The first kappa shape index (κ1) is 13.0. The number of ether oxygens (including phenoxy) is 1. The van der Waals surface area contributed by atoms with E-state index in [2.05, 4.69) is 30.9 Å². The van der Waals surface area contributed by atoms with Crippen molar-refractivity contribution in [1.82, 2.24) is 15.0 Å². The minimum Gasteiger partial charge on any atom is -0.438 e. The van der Waals surface area contributed by atoms with Crippen molar-refractivity contribution in [2.75, 3.05) is 0 Å². The highest BCUT2D eigenvalue weighted by Crippen LogP contribution is 2.28. The van der Waals surface area contributed by atoms with Gasteiger partial charge in [-0.1, -0.05) is 13.0 Å². The molecule has 0 bridgehead atoms. The lowest BCUT2D eigenvalue weighted by Gasteiger charge is -2.08. The summed E-state index contributed by atoms with van der Waals surface area (Å²) >= 11 is 3.37. The maximum absolute atomic E-state index is 5.89. The van der Waals surface area contributed by atoms with E-state index in [-0.39, 0.29) is 0 Å². The maximum Gasteiger partial charge on any atom is 0.223 e. The number of nitrogens with zero attached hydrogens (tertiary/aromatic N) is 3. The summed E-state index contributed by atoms with van der Waals surface area (Å²) < 4.78 is 6.61. The van der Waals surface area contributed by atoms with Gasteiger partial charge in [0.1, 0.15) is 16.2 Å². The van der Waals surface area contributed by atoms with E-state index in [1.165, 1.54) is 0 Å². The van der Waals surface area contributed by atoms with Gasteiger partial charge in [-0.05, 0) is 40.2 Å². The molecule has 20 heavy (non-hydrogen) atoms. The van der Waals surface area contributed by atoms with Crippen LogP contribution in [-0.2, 0) is 6.42 Å². The number of halogens is 1. The van der Waals surface area contributed by atoms with Crippen LogP contribution >= 0.6 is 15.9 Å². The number of hydrogen-bond acceptors (Lipinski definition) is 4. The largest absolute Gasteiger partial charge is 0.438 e. The molecule has 0 aliphatic heterocycles. The summed E-state index contributed by atoms with van der Waals surface area (Å²) in [6.07, 6.45) is 2.52. The Hall–Kier alpha value is -2.01. The van der Waals surface area contributed by atoms with Crippen LogP contribution in [0.5, 0.6) is 11.6 Å². The molecule has 0 radical (unpaired) electrons. The number of rotatable bonds is 3. The molecule has 1 aromatic carbocycles. The summed E-state index contributed by atoms with van der Waals surface area (Å²) in [5, 5.41) is 0.961. The van der Waals surface area contributed by atoms with Gasteiger partial charge in [0.15, 0.2) is 0 Å². The molecule has 0 fully saturated rings. The van der Waals surface area contributed by atoms with Crippen molar-refractivity contribution < 1.29 is 4.74 Å². The number of hydrogen-bond donors (Lipinski definition) is 0. The molecule has 0 spiro atoms. The van der Waals surface area contributed by atoms with Crippen LogP contribution in [0.15, 0.2) is 47.2 Å². The topological polar surface area (TPSA) is 47.9 Å². The lowest BCUT2D eigenvalue weighted by molar-refractivity contribution is 0.463. The monoisotopic (exact) mass is 329 g/mol. The van der Waals surface area contributed by atoms with E-state index in [1.807, 2.05) is 37.3 Å². The van der Waals surface area contributed by atoms with Crippen LogP contribution in [0.2, 0.25) is 0 Å². The highest BCUT2D eigenvalue weighted by atomic mass is 79.9. The third-order valence-electron chi connectivity index (χ3n) is 2.85. The van der Waals surface area contributed by atoms with Crippen molar-refractivity contribution in [3.63, 3.8) is 0 Å². The minimum atomic E-state index is 0.528. The second-order valence-electron chi connectivity index (χ2n) is 4.23. The minimum absolute atomic E-state index is 0.528. The molecule has 100 valence electrons. The predicted octanol–water partition coefficient (Wildman–Crippen LogP) is 4.14. The molecule has 3 rings (SSSR count). The lowest BCUT2D eigenvalue weighted by atomic mass is 10.2. The van der Waals surface area contributed by atoms with Gasteiger partial charge in [0.05, 0.1) is 5.52 Å². The molecule has 0 saturated heterocycles. The van der Waals surface area contributed by atoms with E-state index in [9.17, 15) is 0 Å². The van der Waals surface area contributed by atoms with Crippen molar-refractivity contribution >= 4 is 26.8 Å². The van der Waals surface area contributed by atoms with Crippen molar-refractivity contribution in [3.8, 4) is 11.6 Å². The molecule has 0 amide bonds. The molecule has 0 saturated carbocycles. The second-order valence-corrected chi connectivity index (χ2v) is 5.04. The van der Waals surface area contributed by atoms with Crippen molar-refractivity contribution in [2.24, 2.45) is 0 Å². The molecular weight excluding hydrogens is 318 g/mol. The first-order valence-corrected chi connectivity index (χ1v) is 7.10. The quantitative estimate of drug-likeness (QED) is 0.677. The molecular formula is C15H12BrN3O. The molecule has 5 heteroatoms. The lowest BCUT2D eigenvalue weighted by Crippen LogP contribution is -1.97. The van der Waals surface area contributed by atoms with Crippen molar-refractivity contribution in [3.05, 3.63) is 53.0 Å². The smallest absolute Gasteiger partial charge is 0.223 e. The Kier molecular flexibility index (Phi) is 3.60. The molecule has 4 nitrogen and oxygen atoms in total. The Labute approximate surface area is 125 Å². The number of pyridine rings is 1. The van der Waals surface area contributed by atoms with Crippen LogP contribution in [0.3, 0.4) is 0 Å². The number of aryl methyl sites for hydroxylation is 1. The molecule has 2 aromatic heterocycles. The SMILES string of the molecule is CCc1nc(Br)cc(Oc2cccc3ncccc23)n1. The van der Waals surface area contributed by atoms with E-state index < -0.39 is 0 Å². The van der Waals surface area contributed by atoms with E-state index >= 15 is 0 Å². The van der Waals surface area contributed by atoms with E-state index in [0.29, 0.717) is 5.88 Å². The average molecular weight is 330 g/mol. The first-order valence-electron chi connectivity index (χ1n) is 6.31. The van der Waals surface area contributed by atoms with E-state index in [1.54, 1.807) is 12.3 Å². The predicted molar refractivity (Wildman–Crippen MR) is 80.9 cm³/mol. The fraction of sp³-hybridized carbons (Fsp3) is 0.133. The fourth-order valence-electron chi connectivity index (χ4n) is 1.93. The summed E-state index contributed by atoms with van der Waals surface area (Å²) in [7, 11) is 0. The van der Waals surface area contributed by atoms with Gasteiger partial charge in [-0.25, -0.2) is 4.98 Å². The highest BCUT2D eigenvalue weighted by Gasteiger charge is 2.07. The summed E-state index contributed by atoms with van der Waals surface area (Å²) in [5.41, 5.74) is 0.897. The third-order valence-corrected chi connectivity index (χ3v) is 3.26. The Morgan fingerprint density at radius 1 is 1.15 bits per heavy atom. The van der Waals surface area contributed by atoms with Gasteiger partial charge in [0, 0.05) is 24.1 Å². The standard InChI is InChI=1S/C15H12BrN3O/c1-2-14-18-13(16)9-15(19-14)20-12-7-3-6-11-10(12)5-4-8-17-11/h3-9H,2H2,1H3. The molecule has 0 N–H and O–H groups in total. The third kappa shape index (κ3) is 2.63. The molecule has 0 aliphatic carbocycles. The highest BCUT2D eigenvalue weighted by molar-refractivity contribution is 9.10. The first-order chi connectivity index (χ1) is 9.76. The van der Waals surface area contributed by atoms with Crippen molar-refractivity contribution in [2.45, 2.75) is 13.3 Å². The van der Waals surface area contributed by atoms with Gasteiger partial charge in [-0.3, -0.25) is 4.98 Å². The van der Waals surface area contributed by atoms with E-state index in [4.69, 9.17) is 4.74 Å². The zero-order valence-corrected chi connectivity index (χ0v) is 12.5. The summed E-state index contributed by atoms with van der Waals surface area (Å²) in [6.45, 7) is 2.01. The molecule has 0 unspecified atom stereocenters. The maximum atomic E-state index is 5.89. The normalized spacial score (nSPS) is 10.7. The van der Waals surface area contributed by atoms with Gasteiger partial charge < -0.3 is 4.74 Å². The summed E-state index contributed by atoms with van der Waals surface area (Å²) in [6, 6.07) is 11.4. The van der Waals surface area contributed by atoms with Crippen LogP contribution in [0.4, 0.5) is 0 Å². The van der Waals surface area contributed by atoms with Gasteiger partial charge in [0.25, 0.3) is 0 Å².